The normalized spacial score (nSPS) is 13.5. The molecule has 1 aromatic carbocycles. The van der Waals surface area contributed by atoms with Crippen LogP contribution in [0.4, 0.5) is 0 Å². The number of imidazole rings is 1. The summed E-state index contributed by atoms with van der Waals surface area (Å²) in [5.74, 6) is 0. The van der Waals surface area contributed by atoms with Gasteiger partial charge in [0.15, 0.2) is 11.2 Å². The first-order chi connectivity index (χ1) is 15.4. The van der Waals surface area contributed by atoms with Gasteiger partial charge in [0.2, 0.25) is 0 Å². The first-order valence-corrected chi connectivity index (χ1v) is 11.5. The molecule has 174 valence electrons. The van der Waals surface area contributed by atoms with Crippen LogP contribution in [-0.2, 0) is 20.6 Å². The number of nitrogens with one attached hydrogen (secondary N) is 1. The lowest BCUT2D eigenvalue weighted by atomic mass is 10.0. The van der Waals surface area contributed by atoms with Crippen LogP contribution in [0.1, 0.15) is 57.1 Å². The van der Waals surface area contributed by atoms with Crippen LogP contribution in [0.25, 0.3) is 11.2 Å². The highest BCUT2D eigenvalue weighted by atomic mass is 16.3. The van der Waals surface area contributed by atoms with Crippen LogP contribution < -0.4 is 16.6 Å². The van der Waals surface area contributed by atoms with Crippen LogP contribution >= 0.6 is 0 Å². The van der Waals surface area contributed by atoms with Crippen LogP contribution in [0.15, 0.2) is 46.2 Å². The van der Waals surface area contributed by atoms with Gasteiger partial charge >= 0.3 is 5.69 Å². The van der Waals surface area contributed by atoms with Crippen molar-refractivity contribution in [3.63, 3.8) is 0 Å². The number of aliphatic hydroxyl groups is 1. The molecule has 0 fully saturated rings. The molecule has 0 saturated carbocycles. The van der Waals surface area contributed by atoms with Gasteiger partial charge in [-0.25, -0.2) is 9.78 Å². The molecule has 3 aromatic rings. The van der Waals surface area contributed by atoms with E-state index < -0.39 is 6.10 Å². The Labute approximate surface area is 188 Å². The Hall–Kier alpha value is -2.71. The minimum absolute atomic E-state index is 0.0228. The number of hydrogen-bond donors (Lipinski definition) is 2. The molecule has 0 radical (unpaired) electrons. The van der Waals surface area contributed by atoms with E-state index in [1.165, 1.54) is 11.6 Å². The first-order valence-electron chi connectivity index (χ1n) is 11.5. The summed E-state index contributed by atoms with van der Waals surface area (Å²) < 4.78 is 4.41. The van der Waals surface area contributed by atoms with Gasteiger partial charge in [0.05, 0.1) is 12.4 Å². The molecule has 0 spiro atoms. The van der Waals surface area contributed by atoms with Crippen molar-refractivity contribution in [2.75, 3.05) is 6.54 Å². The van der Waals surface area contributed by atoms with E-state index in [1.54, 1.807) is 13.4 Å². The molecule has 2 atom stereocenters. The lowest BCUT2D eigenvalue weighted by molar-refractivity contribution is 0.136. The predicted octanol–water partition coefficient (Wildman–Crippen LogP) is 2.49. The van der Waals surface area contributed by atoms with Crippen molar-refractivity contribution in [3.8, 4) is 0 Å². The Morgan fingerprint density at radius 3 is 2.34 bits per heavy atom. The van der Waals surface area contributed by atoms with Crippen molar-refractivity contribution in [2.24, 2.45) is 14.1 Å². The molecular weight excluding hydrogens is 406 g/mol. The fourth-order valence-corrected chi connectivity index (χ4v) is 4.06. The molecule has 2 unspecified atom stereocenters. The average Bonchev–Trinajstić information content (AvgIpc) is 3.24. The summed E-state index contributed by atoms with van der Waals surface area (Å²) in [4.78, 5) is 28.7. The largest absolute Gasteiger partial charge is 0.387 e. The number of hydrogen-bond acceptors (Lipinski definition) is 5. The molecule has 0 saturated heterocycles. The quantitative estimate of drug-likeness (QED) is 0.421. The molecule has 0 amide bonds. The zero-order chi connectivity index (χ0) is 23.1. The average molecular weight is 442 g/mol. The van der Waals surface area contributed by atoms with Crippen LogP contribution in [0.3, 0.4) is 0 Å². The van der Waals surface area contributed by atoms with Crippen LogP contribution in [0.5, 0.6) is 0 Å². The van der Waals surface area contributed by atoms with Crippen molar-refractivity contribution >= 4 is 11.2 Å². The van der Waals surface area contributed by atoms with E-state index in [0.29, 0.717) is 11.2 Å². The molecule has 0 aliphatic carbocycles. The van der Waals surface area contributed by atoms with Crippen molar-refractivity contribution in [1.82, 2.24) is 24.0 Å². The Bertz CT molecular complexity index is 1120. The van der Waals surface area contributed by atoms with Gasteiger partial charge in [-0.3, -0.25) is 13.9 Å². The van der Waals surface area contributed by atoms with Crippen molar-refractivity contribution in [1.29, 1.82) is 0 Å². The summed E-state index contributed by atoms with van der Waals surface area (Å²) in [6, 6.07) is 9.78. The van der Waals surface area contributed by atoms with E-state index >= 15 is 0 Å². The number of benzene rings is 1. The van der Waals surface area contributed by atoms with E-state index in [9.17, 15) is 14.7 Å². The van der Waals surface area contributed by atoms with E-state index in [1.807, 2.05) is 41.8 Å². The maximum absolute atomic E-state index is 12.5. The fraction of sp³-hybridized carbons (Fsp3) is 0.542. The van der Waals surface area contributed by atoms with Gasteiger partial charge in [0, 0.05) is 26.7 Å². The van der Waals surface area contributed by atoms with Gasteiger partial charge in [0.25, 0.3) is 5.56 Å². The van der Waals surface area contributed by atoms with Crippen molar-refractivity contribution in [2.45, 2.75) is 64.1 Å². The van der Waals surface area contributed by atoms with Gasteiger partial charge in [-0.2, -0.15) is 0 Å². The van der Waals surface area contributed by atoms with Crippen LogP contribution in [0, 0.1) is 0 Å². The second-order valence-electron chi connectivity index (χ2n) is 8.54. The molecule has 0 aliphatic rings. The molecule has 3 rings (SSSR count). The van der Waals surface area contributed by atoms with E-state index in [4.69, 9.17) is 0 Å². The van der Waals surface area contributed by atoms with E-state index in [2.05, 4.69) is 10.3 Å². The third kappa shape index (κ3) is 5.55. The zero-order valence-corrected chi connectivity index (χ0v) is 19.3. The molecule has 8 heteroatoms. The monoisotopic (exact) mass is 441 g/mol. The lowest BCUT2D eigenvalue weighted by Gasteiger charge is -2.20. The highest BCUT2D eigenvalue weighted by molar-refractivity contribution is 5.69. The Balaban J connectivity index is 1.32. The zero-order valence-electron chi connectivity index (χ0n) is 19.3. The second-order valence-corrected chi connectivity index (χ2v) is 8.54. The molecule has 0 bridgehead atoms. The maximum Gasteiger partial charge on any atom is 0.332 e. The summed E-state index contributed by atoms with van der Waals surface area (Å²) in [7, 11) is 3.14. The minimum Gasteiger partial charge on any atom is -0.387 e. The number of rotatable bonds is 12. The van der Waals surface area contributed by atoms with Gasteiger partial charge < -0.3 is 15.0 Å². The van der Waals surface area contributed by atoms with E-state index in [-0.39, 0.29) is 17.3 Å². The Morgan fingerprint density at radius 1 is 0.969 bits per heavy atom. The number of nitrogens with zero attached hydrogens (tertiary/aromatic N) is 4. The first kappa shape index (κ1) is 23.9. The van der Waals surface area contributed by atoms with Gasteiger partial charge in [-0.15, -0.1) is 0 Å². The molecular formula is C24H35N5O3. The van der Waals surface area contributed by atoms with Crippen LogP contribution in [-0.4, -0.2) is 36.4 Å². The number of unbranched alkanes of at least 4 members (excludes halogenated alkanes) is 5. The van der Waals surface area contributed by atoms with Crippen molar-refractivity contribution in [3.05, 3.63) is 63.1 Å². The highest BCUT2D eigenvalue weighted by Crippen LogP contribution is 2.16. The Kier molecular flexibility index (Phi) is 8.41. The number of aliphatic hydroxyl groups excluding tert-OH is 1. The third-order valence-corrected chi connectivity index (χ3v) is 6.12. The summed E-state index contributed by atoms with van der Waals surface area (Å²) in [5, 5.41) is 13.8. The number of aryl methyl sites for hydroxylation is 2. The molecule has 32 heavy (non-hydrogen) atoms. The summed E-state index contributed by atoms with van der Waals surface area (Å²) in [5.41, 5.74) is 1.23. The number of fused-ring (bicyclic) bond motifs is 1. The molecule has 2 aromatic heterocycles. The number of aromatic nitrogens is 4. The lowest BCUT2D eigenvalue weighted by Crippen LogP contribution is -2.37. The second kappa shape index (κ2) is 11.2. The standard InChI is InChI=1S/C24H35N5O3/c1-18(21(30)19-13-9-8-10-14-19)25-15-11-6-4-5-7-12-16-29-17-26-22-20(29)23(31)28(3)24(32)27(22)2/h8-10,13-14,17-18,21,25,30H,4-7,11-12,15-16H2,1-3H3. The predicted molar refractivity (Wildman–Crippen MR) is 127 cm³/mol. The van der Waals surface area contributed by atoms with Crippen molar-refractivity contribution < 1.29 is 5.11 Å². The topological polar surface area (TPSA) is 94.1 Å². The molecule has 8 nitrogen and oxygen atoms in total. The molecule has 2 heterocycles. The maximum atomic E-state index is 12.5. The highest BCUT2D eigenvalue weighted by Gasteiger charge is 2.15. The van der Waals surface area contributed by atoms with Gasteiger partial charge in [-0.05, 0) is 31.9 Å². The van der Waals surface area contributed by atoms with Gasteiger partial charge in [0.1, 0.15) is 0 Å². The smallest absolute Gasteiger partial charge is 0.332 e. The SMILES string of the molecule is CC(NCCCCCCCCn1cnc2c1c(=O)n(C)c(=O)n2C)C(O)c1ccccc1. The van der Waals surface area contributed by atoms with E-state index in [0.717, 1.165) is 61.7 Å². The fourth-order valence-electron chi connectivity index (χ4n) is 4.06. The summed E-state index contributed by atoms with van der Waals surface area (Å²) in [6.07, 6.45) is 7.76. The summed E-state index contributed by atoms with van der Waals surface area (Å²) in [6.45, 7) is 3.64. The summed E-state index contributed by atoms with van der Waals surface area (Å²) >= 11 is 0. The Morgan fingerprint density at radius 2 is 1.62 bits per heavy atom. The third-order valence-electron chi connectivity index (χ3n) is 6.12. The van der Waals surface area contributed by atoms with Crippen LogP contribution in [0.2, 0.25) is 0 Å². The molecule has 2 N–H and O–H groups in total. The molecule has 0 aliphatic heterocycles. The minimum atomic E-state index is -0.491. The van der Waals surface area contributed by atoms with Gasteiger partial charge in [-0.1, -0.05) is 56.0 Å².